The molecule has 3 aromatic rings. The molecule has 0 bridgehead atoms. The smallest absolute Gasteiger partial charge is 0.119 e. The van der Waals surface area contributed by atoms with E-state index in [1.165, 1.54) is 16.5 Å². The minimum absolute atomic E-state index is 0.754. The van der Waals surface area contributed by atoms with Crippen molar-refractivity contribution in [3.8, 4) is 17.0 Å². The molecule has 3 heteroatoms. The molecule has 0 radical (unpaired) electrons. The molecule has 114 valence electrons. The van der Waals surface area contributed by atoms with Gasteiger partial charge in [0.15, 0.2) is 0 Å². The Kier molecular flexibility index (Phi) is 4.45. The highest BCUT2D eigenvalue weighted by molar-refractivity contribution is 5.85. The van der Waals surface area contributed by atoms with Gasteiger partial charge < -0.3 is 14.6 Å². The number of ether oxygens (including phenoxy) is 1. The van der Waals surface area contributed by atoms with Gasteiger partial charge in [0.2, 0.25) is 0 Å². The predicted octanol–water partition coefficient (Wildman–Crippen LogP) is 4.17. The topological polar surface area (TPSA) is 28.3 Å². The third-order valence-electron chi connectivity index (χ3n) is 3.71. The van der Waals surface area contributed by atoms with Crippen molar-refractivity contribution in [3.63, 3.8) is 0 Å². The Bertz CT molecular complexity index is 696. The molecule has 0 amide bonds. The standard InChI is InChI=1S/C19H22N2O/c1-21(2)12-5-13-22-17-10-8-15(9-11-17)19-14-16-6-3-4-7-18(16)20-19/h3-4,6-11,14,20H,5,12-13H2,1-2H3. The van der Waals surface area contributed by atoms with E-state index in [0.29, 0.717) is 0 Å². The molecule has 3 nitrogen and oxygen atoms in total. The highest BCUT2D eigenvalue weighted by Crippen LogP contribution is 2.25. The van der Waals surface area contributed by atoms with E-state index < -0.39 is 0 Å². The van der Waals surface area contributed by atoms with E-state index >= 15 is 0 Å². The fraction of sp³-hybridized carbons (Fsp3) is 0.263. The molecule has 0 saturated heterocycles. The third-order valence-corrected chi connectivity index (χ3v) is 3.71. The summed E-state index contributed by atoms with van der Waals surface area (Å²) in [4.78, 5) is 5.62. The molecular weight excluding hydrogens is 272 g/mol. The van der Waals surface area contributed by atoms with Crippen LogP contribution >= 0.6 is 0 Å². The van der Waals surface area contributed by atoms with Crippen molar-refractivity contribution in [1.82, 2.24) is 9.88 Å². The molecule has 22 heavy (non-hydrogen) atoms. The Morgan fingerprint density at radius 2 is 1.77 bits per heavy atom. The van der Waals surface area contributed by atoms with Crippen LogP contribution in [0.5, 0.6) is 5.75 Å². The maximum absolute atomic E-state index is 5.77. The second kappa shape index (κ2) is 6.67. The van der Waals surface area contributed by atoms with Crippen LogP contribution in [0.1, 0.15) is 6.42 Å². The number of nitrogens with one attached hydrogen (secondary N) is 1. The third kappa shape index (κ3) is 3.49. The average Bonchev–Trinajstić information content (AvgIpc) is 2.96. The van der Waals surface area contributed by atoms with Gasteiger partial charge in [0.05, 0.1) is 6.61 Å². The SMILES string of the molecule is CN(C)CCCOc1ccc(-c2cc3ccccc3[nH]2)cc1. The number of hydrogen-bond acceptors (Lipinski definition) is 2. The van der Waals surface area contributed by atoms with Crippen LogP contribution in [0.3, 0.4) is 0 Å². The number of fused-ring (bicyclic) bond motifs is 1. The van der Waals surface area contributed by atoms with Gasteiger partial charge in [-0.05, 0) is 62.5 Å². The Hall–Kier alpha value is -2.26. The molecule has 1 aromatic heterocycles. The molecule has 0 unspecified atom stereocenters. The summed E-state index contributed by atoms with van der Waals surface area (Å²) in [7, 11) is 4.16. The van der Waals surface area contributed by atoms with Gasteiger partial charge in [-0.25, -0.2) is 0 Å². The lowest BCUT2D eigenvalue weighted by Gasteiger charge is -2.10. The molecule has 0 fully saturated rings. The minimum atomic E-state index is 0.754. The number of aromatic nitrogens is 1. The van der Waals surface area contributed by atoms with Crippen LogP contribution in [-0.2, 0) is 0 Å². The average molecular weight is 294 g/mol. The molecule has 0 aliphatic carbocycles. The summed E-state index contributed by atoms with van der Waals surface area (Å²) in [5.41, 5.74) is 3.48. The summed E-state index contributed by atoms with van der Waals surface area (Å²) in [6.07, 6.45) is 1.04. The van der Waals surface area contributed by atoms with Crippen molar-refractivity contribution in [2.24, 2.45) is 0 Å². The highest BCUT2D eigenvalue weighted by Gasteiger charge is 2.03. The summed E-state index contributed by atoms with van der Waals surface area (Å²) in [5, 5.41) is 1.24. The largest absolute Gasteiger partial charge is 0.494 e. The number of benzene rings is 2. The number of aromatic amines is 1. The van der Waals surface area contributed by atoms with Crippen LogP contribution in [0.25, 0.3) is 22.2 Å². The maximum atomic E-state index is 5.77. The lowest BCUT2D eigenvalue weighted by Crippen LogP contribution is -2.15. The number of hydrogen-bond donors (Lipinski definition) is 1. The summed E-state index contributed by atoms with van der Waals surface area (Å²) >= 11 is 0. The Balaban J connectivity index is 1.66. The van der Waals surface area contributed by atoms with Crippen LogP contribution in [0, 0.1) is 0 Å². The van der Waals surface area contributed by atoms with Crippen LogP contribution < -0.4 is 4.74 Å². The lowest BCUT2D eigenvalue weighted by molar-refractivity contribution is 0.281. The number of para-hydroxylation sites is 1. The zero-order valence-electron chi connectivity index (χ0n) is 13.2. The van der Waals surface area contributed by atoms with Gasteiger partial charge >= 0.3 is 0 Å². The van der Waals surface area contributed by atoms with Crippen molar-refractivity contribution in [1.29, 1.82) is 0 Å². The van der Waals surface area contributed by atoms with Gasteiger partial charge in [0, 0.05) is 23.1 Å². The monoisotopic (exact) mass is 294 g/mol. The first-order valence-corrected chi connectivity index (χ1v) is 7.68. The Morgan fingerprint density at radius 1 is 1.00 bits per heavy atom. The van der Waals surface area contributed by atoms with E-state index in [2.05, 4.69) is 60.4 Å². The van der Waals surface area contributed by atoms with Crippen LogP contribution in [0.4, 0.5) is 0 Å². The number of H-pyrrole nitrogens is 1. The summed E-state index contributed by atoms with van der Waals surface area (Å²) in [6.45, 7) is 1.80. The van der Waals surface area contributed by atoms with Gasteiger partial charge in [0.25, 0.3) is 0 Å². The fourth-order valence-electron chi connectivity index (χ4n) is 2.53. The molecule has 0 aliphatic rings. The molecule has 0 atom stereocenters. The van der Waals surface area contributed by atoms with E-state index in [1.54, 1.807) is 0 Å². The Labute approximate surface area is 131 Å². The summed E-state index contributed by atoms with van der Waals surface area (Å²) in [6, 6.07) is 18.8. The molecule has 0 spiro atoms. The number of rotatable bonds is 6. The molecule has 1 N–H and O–H groups in total. The van der Waals surface area contributed by atoms with Crippen molar-refractivity contribution >= 4 is 10.9 Å². The van der Waals surface area contributed by atoms with Gasteiger partial charge in [-0.1, -0.05) is 18.2 Å². The first-order valence-electron chi connectivity index (χ1n) is 7.68. The molecule has 0 aliphatic heterocycles. The van der Waals surface area contributed by atoms with E-state index in [4.69, 9.17) is 4.74 Å². The van der Waals surface area contributed by atoms with Crippen LogP contribution in [0.15, 0.2) is 54.6 Å². The second-order valence-electron chi connectivity index (χ2n) is 5.80. The van der Waals surface area contributed by atoms with Gasteiger partial charge in [-0.2, -0.15) is 0 Å². The highest BCUT2D eigenvalue weighted by atomic mass is 16.5. The lowest BCUT2D eigenvalue weighted by atomic mass is 10.1. The molecule has 1 heterocycles. The van der Waals surface area contributed by atoms with Crippen molar-refractivity contribution in [3.05, 3.63) is 54.6 Å². The van der Waals surface area contributed by atoms with Crippen molar-refractivity contribution < 1.29 is 4.74 Å². The normalized spacial score (nSPS) is 11.2. The fourth-order valence-corrected chi connectivity index (χ4v) is 2.53. The quantitative estimate of drug-likeness (QED) is 0.691. The first-order chi connectivity index (χ1) is 10.7. The molecular formula is C19H22N2O. The number of nitrogens with zero attached hydrogens (tertiary/aromatic N) is 1. The van der Waals surface area contributed by atoms with Gasteiger partial charge in [0.1, 0.15) is 5.75 Å². The summed E-state index contributed by atoms with van der Waals surface area (Å²) < 4.78 is 5.77. The van der Waals surface area contributed by atoms with Gasteiger partial charge in [-0.3, -0.25) is 0 Å². The zero-order chi connectivity index (χ0) is 15.4. The first kappa shape index (κ1) is 14.7. The summed E-state index contributed by atoms with van der Waals surface area (Å²) in [5.74, 6) is 0.929. The van der Waals surface area contributed by atoms with Crippen LogP contribution in [-0.4, -0.2) is 37.1 Å². The predicted molar refractivity (Wildman–Crippen MR) is 92.4 cm³/mol. The van der Waals surface area contributed by atoms with E-state index in [0.717, 1.165) is 31.0 Å². The van der Waals surface area contributed by atoms with Crippen LogP contribution in [0.2, 0.25) is 0 Å². The molecule has 3 rings (SSSR count). The van der Waals surface area contributed by atoms with E-state index in [1.807, 2.05) is 18.2 Å². The Morgan fingerprint density at radius 3 is 2.50 bits per heavy atom. The van der Waals surface area contributed by atoms with E-state index in [9.17, 15) is 0 Å². The van der Waals surface area contributed by atoms with Gasteiger partial charge in [-0.15, -0.1) is 0 Å². The molecule has 0 saturated carbocycles. The zero-order valence-corrected chi connectivity index (χ0v) is 13.2. The minimum Gasteiger partial charge on any atom is -0.494 e. The molecule has 2 aromatic carbocycles. The maximum Gasteiger partial charge on any atom is 0.119 e. The van der Waals surface area contributed by atoms with Crippen molar-refractivity contribution in [2.45, 2.75) is 6.42 Å². The van der Waals surface area contributed by atoms with Crippen molar-refractivity contribution in [2.75, 3.05) is 27.2 Å². The second-order valence-corrected chi connectivity index (χ2v) is 5.80. The van der Waals surface area contributed by atoms with E-state index in [-0.39, 0.29) is 0 Å².